The number of nitrogens with zero attached hydrogens (tertiary/aromatic N) is 1. The van der Waals surface area contributed by atoms with Crippen molar-refractivity contribution in [1.82, 2.24) is 4.98 Å². The van der Waals surface area contributed by atoms with Gasteiger partial charge in [-0.1, -0.05) is 11.6 Å². The van der Waals surface area contributed by atoms with E-state index in [9.17, 15) is 0 Å². The summed E-state index contributed by atoms with van der Waals surface area (Å²) in [5, 5.41) is 0. The van der Waals surface area contributed by atoms with Crippen molar-refractivity contribution >= 4 is 22.9 Å². The van der Waals surface area contributed by atoms with Crippen LogP contribution in [0.3, 0.4) is 0 Å². The molecule has 0 N–H and O–H groups in total. The van der Waals surface area contributed by atoms with E-state index in [1.54, 1.807) is 6.20 Å². The van der Waals surface area contributed by atoms with Gasteiger partial charge in [0.25, 0.3) is 0 Å². The van der Waals surface area contributed by atoms with E-state index in [0.717, 1.165) is 24.3 Å². The lowest BCUT2D eigenvalue weighted by Crippen LogP contribution is -2.21. The van der Waals surface area contributed by atoms with Crippen molar-refractivity contribution in [3.63, 3.8) is 0 Å². The van der Waals surface area contributed by atoms with Crippen LogP contribution in [0, 0.1) is 0 Å². The van der Waals surface area contributed by atoms with E-state index in [1.165, 1.54) is 17.8 Å². The van der Waals surface area contributed by atoms with E-state index < -0.39 is 0 Å². The minimum Gasteiger partial charge on any atom is -0.353 e. The summed E-state index contributed by atoms with van der Waals surface area (Å²) < 4.78 is 11.6. The van der Waals surface area contributed by atoms with Crippen molar-refractivity contribution in [2.45, 2.75) is 32.2 Å². The number of rotatable bonds is 3. The third-order valence-corrected chi connectivity index (χ3v) is 3.16. The van der Waals surface area contributed by atoms with Gasteiger partial charge < -0.3 is 9.47 Å². The van der Waals surface area contributed by atoms with E-state index in [1.807, 2.05) is 0 Å². The Labute approximate surface area is 92.0 Å². The molecule has 1 unspecified atom stereocenters. The van der Waals surface area contributed by atoms with Gasteiger partial charge in [-0.3, -0.25) is 0 Å². The van der Waals surface area contributed by atoms with Crippen LogP contribution in [0.2, 0.25) is 4.47 Å². The fourth-order valence-electron chi connectivity index (χ4n) is 1.37. The van der Waals surface area contributed by atoms with Crippen LogP contribution in [0.5, 0.6) is 0 Å². The first-order valence-electron chi connectivity index (χ1n) is 4.68. The van der Waals surface area contributed by atoms with Crippen molar-refractivity contribution in [3.8, 4) is 0 Å². The first-order chi connectivity index (χ1) is 6.84. The molecule has 78 valence electrons. The quantitative estimate of drug-likeness (QED) is 0.805. The summed E-state index contributed by atoms with van der Waals surface area (Å²) in [7, 11) is 0. The summed E-state index contributed by atoms with van der Waals surface area (Å²) in [4.78, 5) is 4.99. The maximum atomic E-state index is 5.70. The summed E-state index contributed by atoms with van der Waals surface area (Å²) in [5.74, 6) is 0. The monoisotopic (exact) mass is 233 g/mol. The first-order valence-corrected chi connectivity index (χ1v) is 5.87. The second-order valence-corrected chi connectivity index (χ2v) is 4.88. The molecule has 1 aliphatic rings. The van der Waals surface area contributed by atoms with Gasteiger partial charge in [-0.2, -0.15) is 0 Å². The first kappa shape index (κ1) is 10.4. The predicted molar refractivity (Wildman–Crippen MR) is 55.5 cm³/mol. The Bertz CT molecular complexity index is 286. The molecule has 0 radical (unpaired) electrons. The third kappa shape index (κ3) is 2.92. The molecule has 1 saturated heterocycles. The highest BCUT2D eigenvalue weighted by Gasteiger charge is 2.14. The minimum absolute atomic E-state index is 0.0374. The Hall–Kier alpha value is -0.160. The van der Waals surface area contributed by atoms with Crippen molar-refractivity contribution in [2.24, 2.45) is 0 Å². The summed E-state index contributed by atoms with van der Waals surface area (Å²) in [5.41, 5.74) is 0. The average molecular weight is 234 g/mol. The Morgan fingerprint density at radius 3 is 3.21 bits per heavy atom. The highest BCUT2D eigenvalue weighted by Crippen LogP contribution is 2.21. The van der Waals surface area contributed by atoms with Gasteiger partial charge in [-0.25, -0.2) is 4.98 Å². The van der Waals surface area contributed by atoms with Crippen molar-refractivity contribution in [1.29, 1.82) is 0 Å². The molecule has 0 aromatic carbocycles. The predicted octanol–water partition coefficient (Wildman–Crippen LogP) is 2.84. The largest absolute Gasteiger partial charge is 0.353 e. The molecule has 0 aliphatic carbocycles. The van der Waals surface area contributed by atoms with Crippen molar-refractivity contribution in [2.75, 3.05) is 6.61 Å². The number of ether oxygens (including phenoxy) is 2. The zero-order chi connectivity index (χ0) is 9.80. The third-order valence-electron chi connectivity index (χ3n) is 2.07. The van der Waals surface area contributed by atoms with Crippen LogP contribution in [0.15, 0.2) is 6.20 Å². The molecule has 0 amide bonds. The normalized spacial score (nSPS) is 22.5. The van der Waals surface area contributed by atoms with Crippen molar-refractivity contribution < 1.29 is 9.47 Å². The standard InChI is InChI=1S/C9H12ClNO2S/c10-9-11-5-7(14-9)6-13-8-3-1-2-4-12-8/h5,8H,1-4,6H2. The van der Waals surface area contributed by atoms with Crippen LogP contribution in [0.25, 0.3) is 0 Å². The Morgan fingerprint density at radius 1 is 1.64 bits per heavy atom. The summed E-state index contributed by atoms with van der Waals surface area (Å²) in [6.45, 7) is 1.36. The zero-order valence-corrected chi connectivity index (χ0v) is 9.31. The molecule has 1 aromatic heterocycles. The number of hydrogen-bond donors (Lipinski definition) is 0. The van der Waals surface area contributed by atoms with E-state index >= 15 is 0 Å². The van der Waals surface area contributed by atoms with Gasteiger partial charge in [0.15, 0.2) is 10.8 Å². The lowest BCUT2D eigenvalue weighted by Gasteiger charge is -2.22. The van der Waals surface area contributed by atoms with Gasteiger partial charge in [0.2, 0.25) is 0 Å². The molecule has 1 aromatic rings. The topological polar surface area (TPSA) is 31.4 Å². The Kier molecular flexibility index (Phi) is 3.75. The van der Waals surface area contributed by atoms with Gasteiger partial charge in [-0.05, 0) is 19.3 Å². The highest BCUT2D eigenvalue weighted by molar-refractivity contribution is 7.15. The molecule has 1 atom stereocenters. The average Bonchev–Trinajstić information content (AvgIpc) is 2.63. The molecule has 5 heteroatoms. The van der Waals surface area contributed by atoms with Crippen LogP contribution < -0.4 is 0 Å². The minimum atomic E-state index is -0.0374. The molecular formula is C9H12ClNO2S. The maximum Gasteiger partial charge on any atom is 0.183 e. The van der Waals surface area contributed by atoms with Crippen LogP contribution in [0.4, 0.5) is 0 Å². The molecule has 2 heterocycles. The Balaban J connectivity index is 1.76. The van der Waals surface area contributed by atoms with E-state index in [2.05, 4.69) is 4.98 Å². The molecule has 2 rings (SSSR count). The maximum absolute atomic E-state index is 5.70. The van der Waals surface area contributed by atoms with Crippen molar-refractivity contribution in [3.05, 3.63) is 15.5 Å². The number of thiazole rings is 1. The van der Waals surface area contributed by atoms with E-state index in [4.69, 9.17) is 21.1 Å². The van der Waals surface area contributed by atoms with Crippen LogP contribution in [-0.4, -0.2) is 17.9 Å². The molecular weight excluding hydrogens is 222 g/mol. The van der Waals surface area contributed by atoms with Crippen LogP contribution in [-0.2, 0) is 16.1 Å². The zero-order valence-electron chi connectivity index (χ0n) is 7.74. The van der Waals surface area contributed by atoms with Gasteiger partial charge in [0, 0.05) is 12.8 Å². The number of aromatic nitrogens is 1. The SMILES string of the molecule is Clc1ncc(COC2CCCCO2)s1. The fraction of sp³-hybridized carbons (Fsp3) is 0.667. The summed E-state index contributed by atoms with van der Waals surface area (Å²) >= 11 is 7.15. The molecule has 0 bridgehead atoms. The number of halogens is 1. The second kappa shape index (κ2) is 5.07. The number of hydrogen-bond acceptors (Lipinski definition) is 4. The summed E-state index contributed by atoms with van der Waals surface area (Å²) in [6.07, 6.45) is 5.03. The fourth-order valence-corrected chi connectivity index (χ4v) is 2.27. The molecule has 1 aliphatic heterocycles. The lowest BCUT2D eigenvalue weighted by atomic mass is 10.2. The molecule has 0 spiro atoms. The highest BCUT2D eigenvalue weighted by atomic mass is 35.5. The van der Waals surface area contributed by atoms with E-state index in [-0.39, 0.29) is 6.29 Å². The molecule has 14 heavy (non-hydrogen) atoms. The summed E-state index contributed by atoms with van der Waals surface area (Å²) in [6, 6.07) is 0. The Morgan fingerprint density at radius 2 is 2.57 bits per heavy atom. The van der Waals surface area contributed by atoms with Gasteiger partial charge in [0.05, 0.1) is 11.5 Å². The molecule has 3 nitrogen and oxygen atoms in total. The second-order valence-electron chi connectivity index (χ2n) is 3.19. The van der Waals surface area contributed by atoms with Gasteiger partial charge in [0.1, 0.15) is 0 Å². The lowest BCUT2D eigenvalue weighted by molar-refractivity contribution is -0.168. The van der Waals surface area contributed by atoms with E-state index in [0.29, 0.717) is 11.1 Å². The van der Waals surface area contributed by atoms with Gasteiger partial charge >= 0.3 is 0 Å². The van der Waals surface area contributed by atoms with Gasteiger partial charge in [-0.15, -0.1) is 11.3 Å². The van der Waals surface area contributed by atoms with Crippen LogP contribution >= 0.6 is 22.9 Å². The molecule has 0 saturated carbocycles. The van der Waals surface area contributed by atoms with Crippen LogP contribution in [0.1, 0.15) is 24.1 Å². The molecule has 1 fully saturated rings. The smallest absolute Gasteiger partial charge is 0.183 e.